The topological polar surface area (TPSA) is 92.2 Å². The average Bonchev–Trinajstić information content (AvgIpc) is 3.11. The molecule has 20 heavy (non-hydrogen) atoms. The number of nitrogens with one attached hydrogen (secondary N) is 1. The van der Waals surface area contributed by atoms with Gasteiger partial charge in [-0.15, -0.1) is 11.8 Å². The van der Waals surface area contributed by atoms with Gasteiger partial charge in [0, 0.05) is 18.2 Å². The number of rotatable bonds is 6. The maximum Gasteiger partial charge on any atom is 0.340 e. The van der Waals surface area contributed by atoms with Crippen LogP contribution in [0.2, 0.25) is 0 Å². The molecule has 108 valence electrons. The molecule has 0 unspecified atom stereocenters. The lowest BCUT2D eigenvalue weighted by Gasteiger charge is -2.08. The SMILES string of the molecule is Cc1nc(C)c(C(=O)O)c(SCCC(=O)NC2CC2)n1. The summed E-state index contributed by atoms with van der Waals surface area (Å²) < 4.78 is 0. The first-order chi connectivity index (χ1) is 9.47. The zero-order valence-electron chi connectivity index (χ0n) is 11.5. The van der Waals surface area contributed by atoms with Crippen molar-refractivity contribution < 1.29 is 14.7 Å². The van der Waals surface area contributed by atoms with E-state index in [0.717, 1.165) is 12.8 Å². The standard InChI is InChI=1S/C13H17N3O3S/c1-7-11(13(18)19)12(15-8(2)14-7)20-6-5-10(17)16-9-3-4-9/h9H,3-6H2,1-2H3,(H,16,17)(H,18,19). The van der Waals surface area contributed by atoms with E-state index in [1.165, 1.54) is 11.8 Å². The number of aromatic nitrogens is 2. The number of carbonyl (C=O) groups excluding carboxylic acids is 1. The lowest BCUT2D eigenvalue weighted by Crippen LogP contribution is -2.25. The summed E-state index contributed by atoms with van der Waals surface area (Å²) in [6, 6.07) is 0.352. The Morgan fingerprint density at radius 2 is 2.05 bits per heavy atom. The highest BCUT2D eigenvalue weighted by Crippen LogP contribution is 2.24. The molecule has 0 aliphatic heterocycles. The molecule has 1 aliphatic carbocycles. The minimum Gasteiger partial charge on any atom is -0.478 e. The molecule has 1 aromatic heterocycles. The summed E-state index contributed by atoms with van der Waals surface area (Å²) in [5, 5.41) is 12.5. The molecule has 1 heterocycles. The molecule has 1 saturated carbocycles. The molecule has 0 bridgehead atoms. The van der Waals surface area contributed by atoms with Crippen LogP contribution in [-0.4, -0.2) is 38.7 Å². The number of nitrogens with zero attached hydrogens (tertiary/aromatic N) is 2. The second-order valence-corrected chi connectivity index (χ2v) is 5.87. The highest BCUT2D eigenvalue weighted by atomic mass is 32.2. The average molecular weight is 295 g/mol. The van der Waals surface area contributed by atoms with Crippen LogP contribution in [0.1, 0.15) is 41.1 Å². The van der Waals surface area contributed by atoms with Crippen LogP contribution < -0.4 is 5.32 Å². The predicted molar refractivity (Wildman–Crippen MR) is 75.0 cm³/mol. The molecule has 0 spiro atoms. The van der Waals surface area contributed by atoms with Crippen LogP contribution in [0.15, 0.2) is 5.03 Å². The normalized spacial score (nSPS) is 14.1. The summed E-state index contributed by atoms with van der Waals surface area (Å²) in [4.78, 5) is 31.0. The number of hydrogen-bond donors (Lipinski definition) is 2. The number of carboxylic acid groups (broad SMARTS) is 1. The number of aromatic carboxylic acids is 1. The van der Waals surface area contributed by atoms with Crippen molar-refractivity contribution in [2.75, 3.05) is 5.75 Å². The summed E-state index contributed by atoms with van der Waals surface area (Å²) in [7, 11) is 0. The molecule has 0 saturated heterocycles. The van der Waals surface area contributed by atoms with Crippen molar-refractivity contribution in [2.45, 2.75) is 44.2 Å². The van der Waals surface area contributed by atoms with Gasteiger partial charge in [-0.1, -0.05) is 0 Å². The smallest absolute Gasteiger partial charge is 0.340 e. The summed E-state index contributed by atoms with van der Waals surface area (Å²) in [6.07, 6.45) is 2.49. The molecule has 2 rings (SSSR count). The van der Waals surface area contributed by atoms with Crippen LogP contribution in [0.25, 0.3) is 0 Å². The molecule has 1 aromatic rings. The molecule has 1 amide bonds. The zero-order valence-corrected chi connectivity index (χ0v) is 12.3. The molecule has 6 nitrogen and oxygen atoms in total. The lowest BCUT2D eigenvalue weighted by molar-refractivity contribution is -0.120. The Morgan fingerprint density at radius 3 is 2.65 bits per heavy atom. The van der Waals surface area contributed by atoms with E-state index in [4.69, 9.17) is 0 Å². The first-order valence-electron chi connectivity index (χ1n) is 6.48. The predicted octanol–water partition coefficient (Wildman–Crippen LogP) is 1.55. The number of hydrogen-bond acceptors (Lipinski definition) is 5. The Balaban J connectivity index is 1.97. The van der Waals surface area contributed by atoms with Gasteiger partial charge in [-0.05, 0) is 26.7 Å². The van der Waals surface area contributed by atoms with E-state index in [1.807, 2.05) is 0 Å². The fourth-order valence-electron chi connectivity index (χ4n) is 1.80. The maximum absolute atomic E-state index is 11.6. The number of carboxylic acids is 1. The van der Waals surface area contributed by atoms with Crippen LogP contribution >= 0.6 is 11.8 Å². The Morgan fingerprint density at radius 1 is 1.35 bits per heavy atom. The van der Waals surface area contributed by atoms with E-state index in [2.05, 4.69) is 15.3 Å². The fraction of sp³-hybridized carbons (Fsp3) is 0.538. The van der Waals surface area contributed by atoms with Crippen molar-refractivity contribution in [3.8, 4) is 0 Å². The van der Waals surface area contributed by atoms with Gasteiger partial charge in [-0.2, -0.15) is 0 Å². The van der Waals surface area contributed by atoms with Crippen LogP contribution in [0.5, 0.6) is 0 Å². The molecule has 7 heteroatoms. The van der Waals surface area contributed by atoms with E-state index < -0.39 is 5.97 Å². The fourth-order valence-corrected chi connectivity index (χ4v) is 2.86. The molecular formula is C13H17N3O3S. The van der Waals surface area contributed by atoms with E-state index in [1.54, 1.807) is 13.8 Å². The third kappa shape index (κ3) is 3.93. The quantitative estimate of drug-likeness (QED) is 0.611. The molecule has 0 radical (unpaired) electrons. The van der Waals surface area contributed by atoms with Gasteiger partial charge in [-0.3, -0.25) is 4.79 Å². The van der Waals surface area contributed by atoms with Gasteiger partial charge in [0.15, 0.2) is 0 Å². The first-order valence-corrected chi connectivity index (χ1v) is 7.46. The van der Waals surface area contributed by atoms with Gasteiger partial charge in [0.25, 0.3) is 0 Å². The number of thioether (sulfide) groups is 1. The van der Waals surface area contributed by atoms with Gasteiger partial charge in [0.1, 0.15) is 16.4 Å². The molecule has 0 atom stereocenters. The molecule has 1 aliphatic rings. The Bertz CT molecular complexity index is 544. The minimum atomic E-state index is -1.03. The molecular weight excluding hydrogens is 278 g/mol. The minimum absolute atomic E-state index is 0.0133. The van der Waals surface area contributed by atoms with E-state index in [-0.39, 0.29) is 11.5 Å². The van der Waals surface area contributed by atoms with Crippen LogP contribution in [0.3, 0.4) is 0 Å². The Hall–Kier alpha value is -1.63. The van der Waals surface area contributed by atoms with E-state index >= 15 is 0 Å². The van der Waals surface area contributed by atoms with Crippen molar-refractivity contribution >= 4 is 23.6 Å². The second-order valence-electron chi connectivity index (χ2n) is 4.78. The number of amides is 1. The van der Waals surface area contributed by atoms with Crippen LogP contribution in [-0.2, 0) is 4.79 Å². The van der Waals surface area contributed by atoms with Gasteiger partial charge in [0.05, 0.1) is 5.69 Å². The van der Waals surface area contributed by atoms with Gasteiger partial charge in [-0.25, -0.2) is 14.8 Å². The largest absolute Gasteiger partial charge is 0.478 e. The highest BCUT2D eigenvalue weighted by molar-refractivity contribution is 7.99. The number of carbonyl (C=O) groups is 2. The molecule has 1 fully saturated rings. The monoisotopic (exact) mass is 295 g/mol. The van der Waals surface area contributed by atoms with Crippen molar-refractivity contribution in [3.63, 3.8) is 0 Å². The van der Waals surface area contributed by atoms with Crippen LogP contribution in [0.4, 0.5) is 0 Å². The van der Waals surface area contributed by atoms with Gasteiger partial charge >= 0.3 is 5.97 Å². The highest BCUT2D eigenvalue weighted by Gasteiger charge is 2.23. The maximum atomic E-state index is 11.6. The second kappa shape index (κ2) is 6.21. The van der Waals surface area contributed by atoms with Gasteiger partial charge < -0.3 is 10.4 Å². The zero-order chi connectivity index (χ0) is 14.7. The van der Waals surface area contributed by atoms with Crippen molar-refractivity contribution in [2.24, 2.45) is 0 Å². The van der Waals surface area contributed by atoms with E-state index in [0.29, 0.717) is 34.8 Å². The third-order valence-electron chi connectivity index (χ3n) is 2.89. The van der Waals surface area contributed by atoms with E-state index in [9.17, 15) is 14.7 Å². The summed E-state index contributed by atoms with van der Waals surface area (Å²) in [5.74, 6) is 0.0265. The van der Waals surface area contributed by atoms with Crippen molar-refractivity contribution in [1.29, 1.82) is 0 Å². The summed E-state index contributed by atoms with van der Waals surface area (Å²) in [5.41, 5.74) is 0.582. The number of aryl methyl sites for hydroxylation is 2. The lowest BCUT2D eigenvalue weighted by atomic mass is 10.2. The van der Waals surface area contributed by atoms with Crippen molar-refractivity contribution in [3.05, 3.63) is 17.1 Å². The summed E-state index contributed by atoms with van der Waals surface area (Å²) in [6.45, 7) is 3.38. The molecule has 0 aromatic carbocycles. The van der Waals surface area contributed by atoms with Gasteiger partial charge in [0.2, 0.25) is 5.91 Å². The molecule has 2 N–H and O–H groups in total. The Kier molecular flexibility index (Phi) is 4.59. The third-order valence-corrected chi connectivity index (χ3v) is 3.87. The van der Waals surface area contributed by atoms with Crippen LogP contribution in [0, 0.1) is 13.8 Å². The summed E-state index contributed by atoms with van der Waals surface area (Å²) >= 11 is 1.29. The Labute approximate surface area is 121 Å². The first kappa shape index (κ1) is 14.8. The van der Waals surface area contributed by atoms with Crippen molar-refractivity contribution in [1.82, 2.24) is 15.3 Å².